The zero-order valence-electron chi connectivity index (χ0n) is 21.4. The standard InChI is InChI=1S/C27H24N2O3S.C3H7N/c1-16-6-7-19(32-3)15-21(16)26(31)29-27(10-11-27)22-13-18(14-23-20(22)5-4-12-28-23)25-9-8-24(33-25)17(2)30;1-2-4-3-1/h4-9,12-15H,10-11H2,1-3H3,(H,29,31);4H,1-3H2. The molecule has 190 valence electrons. The van der Waals surface area contributed by atoms with E-state index in [-0.39, 0.29) is 11.7 Å². The van der Waals surface area contributed by atoms with Crippen LogP contribution in [-0.4, -0.2) is 36.9 Å². The molecule has 6 rings (SSSR count). The van der Waals surface area contributed by atoms with Gasteiger partial charge in [0.05, 0.1) is 23.0 Å². The summed E-state index contributed by atoms with van der Waals surface area (Å²) in [6.07, 6.45) is 4.89. The highest BCUT2D eigenvalue weighted by molar-refractivity contribution is 7.17. The van der Waals surface area contributed by atoms with Crippen LogP contribution in [0.3, 0.4) is 0 Å². The minimum absolute atomic E-state index is 0.0602. The normalized spacial score (nSPS) is 15.2. The smallest absolute Gasteiger partial charge is 0.252 e. The number of fused-ring (bicyclic) bond motifs is 1. The number of thiophene rings is 1. The van der Waals surface area contributed by atoms with E-state index in [1.807, 2.05) is 37.3 Å². The molecule has 0 atom stereocenters. The number of nitrogens with zero attached hydrogens (tertiary/aromatic N) is 1. The summed E-state index contributed by atoms with van der Waals surface area (Å²) in [5.41, 5.74) is 4.02. The van der Waals surface area contributed by atoms with Crippen molar-refractivity contribution in [3.05, 3.63) is 82.4 Å². The number of pyridine rings is 1. The number of ether oxygens (including phenoxy) is 1. The summed E-state index contributed by atoms with van der Waals surface area (Å²) in [4.78, 5) is 31.5. The van der Waals surface area contributed by atoms with Gasteiger partial charge in [-0.3, -0.25) is 14.6 Å². The maximum atomic E-state index is 13.3. The first-order valence-corrected chi connectivity index (χ1v) is 13.4. The first-order chi connectivity index (χ1) is 17.9. The van der Waals surface area contributed by atoms with Gasteiger partial charge < -0.3 is 15.4 Å². The van der Waals surface area contributed by atoms with Crippen molar-refractivity contribution in [2.45, 2.75) is 38.6 Å². The molecular weight excluding hydrogens is 482 g/mol. The SMILES string of the molecule is C1CNC1.COc1ccc(C)c(C(=O)NC2(c3cc(-c4ccc(C(C)=O)s4)cc4ncccc34)CC2)c1. The number of Topliss-reactive ketones (excluding diaryl/α,β-unsaturated/α-hetero) is 1. The van der Waals surface area contributed by atoms with Gasteiger partial charge in [0.25, 0.3) is 5.91 Å². The largest absolute Gasteiger partial charge is 0.497 e. The van der Waals surface area contributed by atoms with Crippen LogP contribution in [0.2, 0.25) is 0 Å². The Balaban J connectivity index is 0.000000640. The van der Waals surface area contributed by atoms with Crippen molar-refractivity contribution in [2.75, 3.05) is 20.2 Å². The second-order valence-electron chi connectivity index (χ2n) is 9.63. The molecular formula is C30H31N3O3S. The van der Waals surface area contributed by atoms with E-state index in [2.05, 4.69) is 33.8 Å². The van der Waals surface area contributed by atoms with Crippen molar-refractivity contribution in [3.8, 4) is 16.2 Å². The molecule has 37 heavy (non-hydrogen) atoms. The lowest BCUT2D eigenvalue weighted by Gasteiger charge is -2.22. The van der Waals surface area contributed by atoms with E-state index in [9.17, 15) is 9.59 Å². The molecule has 0 spiro atoms. The van der Waals surface area contributed by atoms with Crippen LogP contribution in [0.5, 0.6) is 5.75 Å². The maximum absolute atomic E-state index is 13.3. The van der Waals surface area contributed by atoms with E-state index < -0.39 is 5.54 Å². The van der Waals surface area contributed by atoms with Gasteiger partial charge in [0.15, 0.2) is 5.78 Å². The number of aromatic nitrogens is 1. The Morgan fingerprint density at radius 3 is 2.46 bits per heavy atom. The molecule has 4 aromatic rings. The van der Waals surface area contributed by atoms with Crippen molar-refractivity contribution in [3.63, 3.8) is 0 Å². The first-order valence-electron chi connectivity index (χ1n) is 12.6. The third-order valence-corrected chi connectivity index (χ3v) is 8.21. The lowest BCUT2D eigenvalue weighted by atomic mass is 9.95. The van der Waals surface area contributed by atoms with E-state index >= 15 is 0 Å². The van der Waals surface area contributed by atoms with Crippen molar-refractivity contribution in [1.82, 2.24) is 15.6 Å². The Kier molecular flexibility index (Phi) is 7.09. The van der Waals surface area contributed by atoms with E-state index in [4.69, 9.17) is 4.74 Å². The highest BCUT2D eigenvalue weighted by Gasteiger charge is 2.47. The van der Waals surface area contributed by atoms with Gasteiger partial charge in [-0.2, -0.15) is 0 Å². The van der Waals surface area contributed by atoms with Gasteiger partial charge >= 0.3 is 0 Å². The molecule has 1 aliphatic carbocycles. The summed E-state index contributed by atoms with van der Waals surface area (Å²) in [6, 6.07) is 17.6. The van der Waals surface area contributed by atoms with Crippen LogP contribution in [-0.2, 0) is 5.54 Å². The van der Waals surface area contributed by atoms with E-state index in [0.717, 1.165) is 50.2 Å². The molecule has 6 nitrogen and oxygen atoms in total. The van der Waals surface area contributed by atoms with Gasteiger partial charge in [0.1, 0.15) is 5.75 Å². The molecule has 1 saturated carbocycles. The average Bonchev–Trinajstić information content (AvgIpc) is 3.45. The molecule has 0 radical (unpaired) electrons. The summed E-state index contributed by atoms with van der Waals surface area (Å²) in [5.74, 6) is 0.609. The number of hydrogen-bond acceptors (Lipinski definition) is 6. The Labute approximate surface area is 221 Å². The number of aryl methyl sites for hydroxylation is 1. The van der Waals surface area contributed by atoms with Gasteiger partial charge in [-0.1, -0.05) is 12.1 Å². The first kappa shape index (κ1) is 25.1. The lowest BCUT2D eigenvalue weighted by Crippen LogP contribution is -2.35. The fourth-order valence-electron chi connectivity index (χ4n) is 4.42. The summed E-state index contributed by atoms with van der Waals surface area (Å²) < 4.78 is 5.32. The number of rotatable bonds is 6. The lowest BCUT2D eigenvalue weighted by molar-refractivity contribution is 0.0929. The molecule has 0 unspecified atom stereocenters. The molecule has 7 heteroatoms. The van der Waals surface area contributed by atoms with Crippen molar-refractivity contribution in [1.29, 1.82) is 0 Å². The maximum Gasteiger partial charge on any atom is 0.252 e. The minimum atomic E-state index is -0.440. The molecule has 1 saturated heterocycles. The number of benzene rings is 2. The van der Waals surface area contributed by atoms with Crippen molar-refractivity contribution in [2.24, 2.45) is 0 Å². The number of ketones is 1. The molecule has 2 aliphatic rings. The van der Waals surface area contributed by atoms with Crippen LogP contribution in [0.15, 0.2) is 60.8 Å². The molecule has 3 heterocycles. The van der Waals surface area contributed by atoms with Crippen LogP contribution in [0.25, 0.3) is 21.3 Å². The van der Waals surface area contributed by atoms with Crippen LogP contribution in [0.4, 0.5) is 0 Å². The summed E-state index contributed by atoms with van der Waals surface area (Å²) in [7, 11) is 1.60. The van der Waals surface area contributed by atoms with Crippen LogP contribution < -0.4 is 15.4 Å². The third kappa shape index (κ3) is 5.29. The van der Waals surface area contributed by atoms with Crippen molar-refractivity contribution >= 4 is 33.9 Å². The van der Waals surface area contributed by atoms with E-state index in [0.29, 0.717) is 11.3 Å². The second kappa shape index (κ2) is 10.4. The van der Waals surface area contributed by atoms with Crippen LogP contribution in [0, 0.1) is 6.92 Å². The summed E-state index contributed by atoms with van der Waals surface area (Å²) in [6.45, 7) is 6.01. The minimum Gasteiger partial charge on any atom is -0.497 e. The Bertz CT molecular complexity index is 1460. The fraction of sp³-hybridized carbons (Fsp3) is 0.300. The van der Waals surface area contributed by atoms with E-state index in [1.54, 1.807) is 26.3 Å². The number of methoxy groups -OCH3 is 1. The molecule has 2 N–H and O–H groups in total. The summed E-state index contributed by atoms with van der Waals surface area (Å²) >= 11 is 1.48. The monoisotopic (exact) mass is 513 g/mol. The van der Waals surface area contributed by atoms with Crippen molar-refractivity contribution < 1.29 is 14.3 Å². The fourth-order valence-corrected chi connectivity index (χ4v) is 5.31. The highest BCUT2D eigenvalue weighted by atomic mass is 32.1. The second-order valence-corrected chi connectivity index (χ2v) is 10.7. The molecule has 2 aromatic carbocycles. The zero-order chi connectivity index (χ0) is 26.0. The third-order valence-electron chi connectivity index (χ3n) is 6.97. The topological polar surface area (TPSA) is 80.3 Å². The number of nitrogens with one attached hydrogen (secondary N) is 2. The molecule has 0 bridgehead atoms. The summed E-state index contributed by atoms with van der Waals surface area (Å²) in [5, 5.41) is 7.46. The predicted molar refractivity (Wildman–Crippen MR) is 149 cm³/mol. The molecule has 1 amide bonds. The van der Waals surface area contributed by atoms with E-state index in [1.165, 1.54) is 30.8 Å². The highest BCUT2D eigenvalue weighted by Crippen LogP contribution is 2.49. The van der Waals surface area contributed by atoms with Gasteiger partial charge in [-0.15, -0.1) is 11.3 Å². The van der Waals surface area contributed by atoms with Gasteiger partial charge in [-0.25, -0.2) is 0 Å². The van der Waals surface area contributed by atoms with Gasteiger partial charge in [-0.05, 0) is 105 Å². The number of carbonyl (C=O) groups excluding carboxylic acids is 2. The Hall–Kier alpha value is -3.55. The van der Waals surface area contributed by atoms with Crippen LogP contribution in [0.1, 0.15) is 57.3 Å². The number of hydrogen-bond donors (Lipinski definition) is 2. The number of carbonyl (C=O) groups is 2. The zero-order valence-corrected chi connectivity index (χ0v) is 22.2. The average molecular weight is 514 g/mol. The molecule has 1 aliphatic heterocycles. The van der Waals surface area contributed by atoms with Gasteiger partial charge in [0, 0.05) is 22.0 Å². The molecule has 2 aromatic heterocycles. The quantitative estimate of drug-likeness (QED) is 0.315. The predicted octanol–water partition coefficient (Wildman–Crippen LogP) is 5.88. The van der Waals surface area contributed by atoms with Gasteiger partial charge in [0.2, 0.25) is 0 Å². The Morgan fingerprint density at radius 2 is 1.84 bits per heavy atom. The van der Waals surface area contributed by atoms with Crippen LogP contribution >= 0.6 is 11.3 Å². The number of amides is 1. The Morgan fingerprint density at radius 1 is 1.08 bits per heavy atom. The molecule has 2 fully saturated rings.